The third kappa shape index (κ3) is 1.60. The van der Waals surface area contributed by atoms with Crippen LogP contribution in [0.3, 0.4) is 0 Å². The van der Waals surface area contributed by atoms with Crippen LogP contribution >= 0.6 is 0 Å². The van der Waals surface area contributed by atoms with Crippen LogP contribution in [0.5, 0.6) is 5.75 Å². The van der Waals surface area contributed by atoms with Gasteiger partial charge in [0.05, 0.1) is 5.57 Å². The van der Waals surface area contributed by atoms with Crippen LogP contribution in [0.1, 0.15) is 34.1 Å². The van der Waals surface area contributed by atoms with Crippen molar-refractivity contribution in [2.75, 3.05) is 0 Å². The first-order valence-corrected chi connectivity index (χ1v) is 5.96. The number of hydrogen-bond acceptors (Lipinski definition) is 4. The van der Waals surface area contributed by atoms with Gasteiger partial charge in [-0.2, -0.15) is 0 Å². The molecule has 0 saturated carbocycles. The number of fused-ring (bicyclic) bond motifs is 1. The van der Waals surface area contributed by atoms with Crippen LogP contribution in [0.4, 0.5) is 0 Å². The highest BCUT2D eigenvalue weighted by atomic mass is 16.5. The zero-order valence-electron chi connectivity index (χ0n) is 10.4. The molecule has 0 saturated heterocycles. The number of phenolic OH excluding ortho intramolecular Hbond substituents is 1. The summed E-state index contributed by atoms with van der Waals surface area (Å²) in [5.41, 5.74) is 1.72. The van der Waals surface area contributed by atoms with E-state index in [1.165, 1.54) is 18.2 Å². The van der Waals surface area contributed by atoms with Crippen LogP contribution in [-0.2, 0) is 4.74 Å². The van der Waals surface area contributed by atoms with Gasteiger partial charge in [-0.05, 0) is 30.7 Å². The van der Waals surface area contributed by atoms with E-state index in [2.05, 4.69) is 6.58 Å². The summed E-state index contributed by atoms with van der Waals surface area (Å²) in [5, 5.41) is 9.44. The summed E-state index contributed by atoms with van der Waals surface area (Å²) in [6.07, 6.45) is 0.0658. The van der Waals surface area contributed by atoms with E-state index in [9.17, 15) is 14.7 Å². The second kappa shape index (κ2) is 3.82. The first-order chi connectivity index (χ1) is 8.99. The van der Waals surface area contributed by atoms with Crippen LogP contribution in [0.25, 0.3) is 0 Å². The third-order valence-corrected chi connectivity index (χ3v) is 3.45. The summed E-state index contributed by atoms with van der Waals surface area (Å²) in [6.45, 7) is 5.60. The van der Waals surface area contributed by atoms with Crippen molar-refractivity contribution in [3.05, 3.63) is 52.8 Å². The molecule has 4 nitrogen and oxygen atoms in total. The Kier molecular flexibility index (Phi) is 2.35. The minimum Gasteiger partial charge on any atom is -0.508 e. The van der Waals surface area contributed by atoms with Crippen LogP contribution in [0, 0.1) is 0 Å². The molecule has 1 N–H and O–H groups in total. The third-order valence-electron chi connectivity index (χ3n) is 3.45. The van der Waals surface area contributed by atoms with E-state index in [1.54, 1.807) is 6.92 Å². The van der Waals surface area contributed by atoms with Gasteiger partial charge in [-0.1, -0.05) is 6.58 Å². The summed E-state index contributed by atoms with van der Waals surface area (Å²) < 4.78 is 5.53. The van der Waals surface area contributed by atoms with Gasteiger partial charge in [0, 0.05) is 17.5 Å². The molecule has 0 aromatic heterocycles. The smallest absolute Gasteiger partial charge is 0.228 e. The van der Waals surface area contributed by atoms with Crippen molar-refractivity contribution in [2.24, 2.45) is 0 Å². The molecule has 1 aromatic rings. The monoisotopic (exact) mass is 256 g/mol. The van der Waals surface area contributed by atoms with Crippen LogP contribution < -0.4 is 0 Å². The standard InChI is InChI=1S/C15H12O4/c1-7(2)12-6-11-13(17)9-4-3-8(16)5-10(9)14(18)15(11)19-12/h3-5,12,16H,1,6H2,2H3. The van der Waals surface area contributed by atoms with Gasteiger partial charge >= 0.3 is 0 Å². The lowest BCUT2D eigenvalue weighted by Crippen LogP contribution is -2.19. The number of carbonyl (C=O) groups is 2. The Balaban J connectivity index is 2.10. The summed E-state index contributed by atoms with van der Waals surface area (Å²) in [7, 11) is 0. The van der Waals surface area contributed by atoms with Crippen molar-refractivity contribution in [3.63, 3.8) is 0 Å². The van der Waals surface area contributed by atoms with E-state index in [0.29, 0.717) is 17.6 Å². The van der Waals surface area contributed by atoms with Gasteiger partial charge in [0.1, 0.15) is 11.9 Å². The van der Waals surface area contributed by atoms with Crippen LogP contribution in [-0.4, -0.2) is 22.8 Å². The van der Waals surface area contributed by atoms with Crippen molar-refractivity contribution >= 4 is 11.6 Å². The number of Topliss-reactive ketones (excluding diaryl/α,β-unsaturated/α-hetero) is 2. The lowest BCUT2D eigenvalue weighted by molar-refractivity contribution is 0.0876. The average molecular weight is 256 g/mol. The fourth-order valence-electron chi connectivity index (χ4n) is 2.40. The predicted molar refractivity (Wildman–Crippen MR) is 68.1 cm³/mol. The molecule has 0 fully saturated rings. The van der Waals surface area contributed by atoms with Crippen molar-refractivity contribution < 1.29 is 19.4 Å². The fourth-order valence-corrected chi connectivity index (χ4v) is 2.40. The Bertz CT molecular complexity index is 667. The van der Waals surface area contributed by atoms with Gasteiger partial charge in [0.25, 0.3) is 0 Å². The topological polar surface area (TPSA) is 63.6 Å². The van der Waals surface area contributed by atoms with E-state index in [4.69, 9.17) is 4.74 Å². The molecule has 1 aliphatic heterocycles. The predicted octanol–water partition coefficient (Wildman–Crippen LogP) is 2.39. The maximum absolute atomic E-state index is 12.3. The number of hydrogen-bond donors (Lipinski definition) is 1. The largest absolute Gasteiger partial charge is 0.508 e. The van der Waals surface area contributed by atoms with Gasteiger partial charge in [0.2, 0.25) is 5.78 Å². The van der Waals surface area contributed by atoms with Crippen molar-refractivity contribution in [2.45, 2.75) is 19.4 Å². The number of allylic oxidation sites excluding steroid dienone is 1. The van der Waals surface area contributed by atoms with Crippen molar-refractivity contribution in [3.8, 4) is 5.75 Å². The second-order valence-electron chi connectivity index (χ2n) is 4.85. The maximum atomic E-state index is 12.3. The zero-order valence-corrected chi connectivity index (χ0v) is 10.4. The fraction of sp³-hybridized carbons (Fsp3) is 0.200. The second-order valence-corrected chi connectivity index (χ2v) is 4.85. The van der Waals surface area contributed by atoms with E-state index >= 15 is 0 Å². The molecular weight excluding hydrogens is 244 g/mol. The summed E-state index contributed by atoms with van der Waals surface area (Å²) in [4.78, 5) is 24.6. The van der Waals surface area contributed by atoms with E-state index in [1.807, 2.05) is 0 Å². The highest BCUT2D eigenvalue weighted by Crippen LogP contribution is 2.38. The first-order valence-electron chi connectivity index (χ1n) is 5.96. The molecule has 0 spiro atoms. The maximum Gasteiger partial charge on any atom is 0.228 e. The van der Waals surface area contributed by atoms with Crippen LogP contribution in [0.2, 0.25) is 0 Å². The molecule has 96 valence electrons. The highest BCUT2D eigenvalue weighted by molar-refractivity contribution is 6.26. The molecular formula is C15H12O4. The summed E-state index contributed by atoms with van der Waals surface area (Å²) >= 11 is 0. The number of phenols is 1. The number of rotatable bonds is 1. The Hall–Kier alpha value is -2.36. The molecule has 1 aromatic carbocycles. The van der Waals surface area contributed by atoms with E-state index in [0.717, 1.165) is 5.57 Å². The molecule has 1 heterocycles. The molecule has 1 atom stereocenters. The molecule has 1 unspecified atom stereocenters. The molecule has 0 amide bonds. The molecule has 19 heavy (non-hydrogen) atoms. The van der Waals surface area contributed by atoms with Crippen LogP contribution in [0.15, 0.2) is 41.7 Å². The molecule has 4 heteroatoms. The van der Waals surface area contributed by atoms with Gasteiger partial charge in [-0.25, -0.2) is 0 Å². The van der Waals surface area contributed by atoms with E-state index < -0.39 is 0 Å². The number of ketones is 2. The minimum atomic E-state index is -0.343. The number of ether oxygens (including phenoxy) is 1. The van der Waals surface area contributed by atoms with E-state index in [-0.39, 0.29) is 34.7 Å². The van der Waals surface area contributed by atoms with Gasteiger partial charge in [0.15, 0.2) is 11.5 Å². The lowest BCUT2D eigenvalue weighted by Gasteiger charge is -2.15. The Morgan fingerprint density at radius 2 is 2.05 bits per heavy atom. The minimum absolute atomic E-state index is 0.0431. The number of carbonyl (C=O) groups excluding carboxylic acids is 2. The summed E-state index contributed by atoms with van der Waals surface area (Å²) in [5.74, 6) is -0.480. The Morgan fingerprint density at radius 1 is 1.32 bits per heavy atom. The highest BCUT2D eigenvalue weighted by Gasteiger charge is 2.40. The Labute approximate surface area is 110 Å². The lowest BCUT2D eigenvalue weighted by atomic mass is 9.87. The quantitative estimate of drug-likeness (QED) is 0.783. The molecule has 1 aliphatic carbocycles. The van der Waals surface area contributed by atoms with Gasteiger partial charge in [-0.3, -0.25) is 9.59 Å². The number of aromatic hydroxyl groups is 1. The zero-order chi connectivity index (χ0) is 13.7. The SMILES string of the molecule is C=C(C)C1CC2=C(O1)C(=O)c1cc(O)ccc1C2=O. The molecule has 2 aliphatic rings. The van der Waals surface area contributed by atoms with Gasteiger partial charge < -0.3 is 9.84 Å². The normalized spacial score (nSPS) is 21.0. The van der Waals surface area contributed by atoms with Crippen molar-refractivity contribution in [1.82, 2.24) is 0 Å². The Morgan fingerprint density at radius 3 is 2.74 bits per heavy atom. The average Bonchev–Trinajstić information content (AvgIpc) is 2.81. The molecule has 0 bridgehead atoms. The van der Waals surface area contributed by atoms with Crippen molar-refractivity contribution in [1.29, 1.82) is 0 Å². The summed E-state index contributed by atoms with van der Waals surface area (Å²) in [6, 6.07) is 4.18. The number of benzene rings is 1. The van der Waals surface area contributed by atoms with Gasteiger partial charge in [-0.15, -0.1) is 0 Å². The first kappa shape index (κ1) is 11.7. The molecule has 0 radical (unpaired) electrons. The molecule has 3 rings (SSSR count).